The van der Waals surface area contributed by atoms with Crippen LogP contribution < -0.4 is 15.2 Å². The van der Waals surface area contributed by atoms with Crippen molar-refractivity contribution in [2.75, 3.05) is 26.1 Å². The molecule has 4 N–H and O–H groups in total. The van der Waals surface area contributed by atoms with Gasteiger partial charge in [0.1, 0.15) is 5.60 Å². The molecule has 0 bridgehead atoms. The van der Waals surface area contributed by atoms with E-state index in [1.165, 1.54) is 0 Å². The molecule has 2 heterocycles. The van der Waals surface area contributed by atoms with Crippen LogP contribution >= 0.6 is 0 Å². The van der Waals surface area contributed by atoms with E-state index in [0.717, 1.165) is 12.0 Å². The van der Waals surface area contributed by atoms with Crippen LogP contribution in [0.3, 0.4) is 0 Å². The van der Waals surface area contributed by atoms with Gasteiger partial charge in [0.25, 0.3) is 0 Å². The van der Waals surface area contributed by atoms with Crippen molar-refractivity contribution < 1.29 is 19.7 Å². The number of imidazole rings is 1. The summed E-state index contributed by atoms with van der Waals surface area (Å²) in [7, 11) is 1.59. The molecule has 0 unspecified atom stereocenters. The summed E-state index contributed by atoms with van der Waals surface area (Å²) in [4.78, 5) is 13.0. The Morgan fingerprint density at radius 2 is 1.97 bits per heavy atom. The molecule has 0 saturated carbocycles. The van der Waals surface area contributed by atoms with Gasteiger partial charge in [-0.05, 0) is 44.4 Å². The Morgan fingerprint density at radius 1 is 1.17 bits per heavy atom. The summed E-state index contributed by atoms with van der Waals surface area (Å²) in [6, 6.07) is 5.68. The highest BCUT2D eigenvalue weighted by molar-refractivity contribution is 5.65. The number of aliphatic hydroxyl groups is 2. The van der Waals surface area contributed by atoms with Crippen LogP contribution in [0.15, 0.2) is 24.5 Å². The number of aliphatic hydroxyl groups excluding tert-OH is 1. The van der Waals surface area contributed by atoms with E-state index in [4.69, 9.17) is 20.3 Å². The maximum Gasteiger partial charge on any atom is 0.166 e. The molecule has 0 aliphatic carbocycles. The lowest BCUT2D eigenvalue weighted by atomic mass is 10.1. The molecule has 9 heteroatoms. The average Bonchev–Trinajstić information content (AvgIpc) is 3.15. The highest BCUT2D eigenvalue weighted by Gasteiger charge is 2.27. The van der Waals surface area contributed by atoms with Crippen LogP contribution in [0.25, 0.3) is 11.5 Å². The molecule has 0 radical (unpaired) electrons. The van der Waals surface area contributed by atoms with Gasteiger partial charge in [-0.25, -0.2) is 15.0 Å². The highest BCUT2D eigenvalue weighted by Crippen LogP contribution is 2.31. The molecular weight excluding hydrogens is 374 g/mol. The fourth-order valence-electron chi connectivity index (χ4n) is 2.87. The third-order valence-corrected chi connectivity index (χ3v) is 4.43. The Morgan fingerprint density at radius 3 is 2.66 bits per heavy atom. The summed E-state index contributed by atoms with van der Waals surface area (Å²) in [5.41, 5.74) is 6.18. The van der Waals surface area contributed by atoms with E-state index in [9.17, 15) is 5.11 Å². The second-order valence-electron chi connectivity index (χ2n) is 7.30. The summed E-state index contributed by atoms with van der Waals surface area (Å²) in [6.07, 6.45) is 3.04. The van der Waals surface area contributed by atoms with Crippen molar-refractivity contribution in [1.29, 1.82) is 0 Å². The Balaban J connectivity index is 1.88. The SMILES string of the molecule is COc1ccc(Cn2cnc(N)c3nc(C(C)(C)O)nc2-3)cc1OCCCCO. The number of rotatable bonds is 9. The number of methoxy groups -OCH3 is 1. The van der Waals surface area contributed by atoms with Gasteiger partial charge < -0.3 is 30.0 Å². The lowest BCUT2D eigenvalue weighted by Crippen LogP contribution is -2.17. The van der Waals surface area contributed by atoms with Crippen molar-refractivity contribution in [3.05, 3.63) is 35.9 Å². The van der Waals surface area contributed by atoms with Crippen molar-refractivity contribution in [3.8, 4) is 23.0 Å². The van der Waals surface area contributed by atoms with Gasteiger partial charge in [-0.15, -0.1) is 0 Å². The minimum Gasteiger partial charge on any atom is -0.493 e. The molecule has 9 nitrogen and oxygen atoms in total. The van der Waals surface area contributed by atoms with E-state index in [2.05, 4.69) is 15.0 Å². The number of hydrogen-bond donors (Lipinski definition) is 3. The minimum atomic E-state index is -1.18. The van der Waals surface area contributed by atoms with Crippen molar-refractivity contribution >= 4 is 5.82 Å². The molecule has 0 spiro atoms. The van der Waals surface area contributed by atoms with E-state index < -0.39 is 5.60 Å². The summed E-state index contributed by atoms with van der Waals surface area (Å²) < 4.78 is 13.0. The van der Waals surface area contributed by atoms with Crippen molar-refractivity contribution in [2.45, 2.75) is 38.8 Å². The van der Waals surface area contributed by atoms with Crippen molar-refractivity contribution in [2.24, 2.45) is 0 Å². The first-order valence-corrected chi connectivity index (χ1v) is 9.45. The van der Waals surface area contributed by atoms with Crippen LogP contribution in [0.1, 0.15) is 38.1 Å². The number of unbranched alkanes of at least 4 members (excludes halogenated alkanes) is 1. The van der Waals surface area contributed by atoms with Gasteiger partial charge in [0, 0.05) is 6.61 Å². The van der Waals surface area contributed by atoms with E-state index in [1.807, 2.05) is 22.8 Å². The van der Waals surface area contributed by atoms with Gasteiger partial charge in [0.2, 0.25) is 0 Å². The lowest BCUT2D eigenvalue weighted by Gasteiger charge is -2.15. The van der Waals surface area contributed by atoms with Gasteiger partial charge in [-0.1, -0.05) is 6.07 Å². The molecular formula is C20H27N5O4. The summed E-state index contributed by atoms with van der Waals surface area (Å²) in [5.74, 6) is 2.39. The summed E-state index contributed by atoms with van der Waals surface area (Å²) in [5, 5.41) is 19.1. The first-order valence-electron chi connectivity index (χ1n) is 9.45. The second kappa shape index (κ2) is 8.62. The van der Waals surface area contributed by atoms with E-state index in [0.29, 0.717) is 48.4 Å². The van der Waals surface area contributed by atoms with Gasteiger partial charge in [-0.3, -0.25) is 0 Å². The summed E-state index contributed by atoms with van der Waals surface area (Å²) in [6.45, 7) is 4.35. The smallest absolute Gasteiger partial charge is 0.166 e. The first-order chi connectivity index (χ1) is 13.8. The summed E-state index contributed by atoms with van der Waals surface area (Å²) >= 11 is 0. The molecule has 0 atom stereocenters. The Bertz CT molecular complexity index is 935. The van der Waals surface area contributed by atoms with E-state index in [-0.39, 0.29) is 12.4 Å². The van der Waals surface area contributed by atoms with Crippen molar-refractivity contribution in [3.63, 3.8) is 0 Å². The van der Waals surface area contributed by atoms with Gasteiger partial charge in [0.05, 0.1) is 26.6 Å². The Hall–Kier alpha value is -2.91. The predicted molar refractivity (Wildman–Crippen MR) is 108 cm³/mol. The quantitative estimate of drug-likeness (QED) is 0.463. The molecule has 156 valence electrons. The molecule has 0 aromatic heterocycles. The number of anilines is 1. The van der Waals surface area contributed by atoms with Crippen LogP contribution in [-0.2, 0) is 12.1 Å². The number of nitrogens with two attached hydrogens (primary N) is 1. The molecule has 0 fully saturated rings. The Labute approximate surface area is 169 Å². The zero-order valence-electron chi connectivity index (χ0n) is 16.9. The second-order valence-corrected chi connectivity index (χ2v) is 7.30. The Kier molecular flexibility index (Phi) is 6.19. The van der Waals surface area contributed by atoms with Crippen LogP contribution in [0.2, 0.25) is 0 Å². The number of benzene rings is 1. The predicted octanol–water partition coefficient (Wildman–Crippen LogP) is 1.80. The third kappa shape index (κ3) is 4.75. The number of fused-ring (bicyclic) bond motifs is 1. The standard InChI is InChI=1S/C20H27N5O4/c1-20(2,27)19-23-16-17(21)22-12-25(18(16)24-19)11-13-6-7-14(28-3)15(10-13)29-9-5-4-8-26/h6-7,10,12,26-27H,4-5,8-9,11,21H2,1-3H3. The third-order valence-electron chi connectivity index (χ3n) is 4.43. The van der Waals surface area contributed by atoms with E-state index in [1.54, 1.807) is 27.3 Å². The number of hydrogen-bond acceptors (Lipinski definition) is 8. The fraction of sp³-hybridized carbons (Fsp3) is 0.450. The number of nitrogens with zero attached hydrogens (tertiary/aromatic N) is 4. The lowest BCUT2D eigenvalue weighted by molar-refractivity contribution is 0.0698. The normalized spacial score (nSPS) is 11.8. The maximum atomic E-state index is 10.2. The highest BCUT2D eigenvalue weighted by atomic mass is 16.5. The zero-order chi connectivity index (χ0) is 21.0. The molecule has 29 heavy (non-hydrogen) atoms. The number of nitrogen functional groups attached to an aromatic ring is 1. The molecule has 2 aliphatic heterocycles. The van der Waals surface area contributed by atoms with Gasteiger partial charge in [0.15, 0.2) is 34.7 Å². The molecule has 0 saturated heterocycles. The molecule has 1 aromatic rings. The van der Waals surface area contributed by atoms with Gasteiger partial charge in [-0.2, -0.15) is 0 Å². The first kappa shape index (κ1) is 20.8. The van der Waals surface area contributed by atoms with Crippen molar-refractivity contribution in [1.82, 2.24) is 19.5 Å². The van der Waals surface area contributed by atoms with Crippen LogP contribution in [-0.4, -0.2) is 50.1 Å². The largest absolute Gasteiger partial charge is 0.493 e. The topological polar surface area (TPSA) is 129 Å². The van der Waals surface area contributed by atoms with Crippen LogP contribution in [0.4, 0.5) is 5.82 Å². The fourth-order valence-corrected chi connectivity index (χ4v) is 2.87. The van der Waals surface area contributed by atoms with Crippen LogP contribution in [0.5, 0.6) is 11.5 Å². The minimum absolute atomic E-state index is 0.143. The molecule has 0 amide bonds. The zero-order valence-corrected chi connectivity index (χ0v) is 16.9. The van der Waals surface area contributed by atoms with Gasteiger partial charge >= 0.3 is 0 Å². The average molecular weight is 401 g/mol. The van der Waals surface area contributed by atoms with E-state index >= 15 is 0 Å². The maximum absolute atomic E-state index is 10.2. The monoisotopic (exact) mass is 401 g/mol. The molecule has 1 aromatic carbocycles. The number of ether oxygens (including phenoxy) is 2. The number of aromatic nitrogens is 4. The molecule has 3 rings (SSSR count). The molecule has 2 aliphatic rings. The van der Waals surface area contributed by atoms with Crippen LogP contribution in [0, 0.1) is 0 Å².